The highest BCUT2D eigenvalue weighted by Crippen LogP contribution is 2.16. The number of nitrogens with two attached hydrogens (primary N) is 1. The smallest absolute Gasteiger partial charge is 0.244 e. The molecule has 1 amide bonds. The van der Waals surface area contributed by atoms with Crippen molar-refractivity contribution in [1.82, 2.24) is 4.90 Å². The van der Waals surface area contributed by atoms with E-state index in [4.69, 9.17) is 5.73 Å². The second-order valence-corrected chi connectivity index (χ2v) is 4.82. The quantitative estimate of drug-likeness (QED) is 0.941. The summed E-state index contributed by atoms with van der Waals surface area (Å²) in [5.41, 5.74) is 6.84. The maximum atomic E-state index is 13.6. The van der Waals surface area contributed by atoms with Gasteiger partial charge in [0.25, 0.3) is 0 Å². The standard InChI is InChI=1S/C16H16F2N2O/c1-20(10-12-7-8-13(17)9-14(12)18)16(21)15(19)11-5-3-2-4-6-11/h2-9,15H,10,19H2,1H3/t15-/m1/s1. The molecule has 2 N–H and O–H groups in total. The first-order valence-electron chi connectivity index (χ1n) is 6.48. The van der Waals surface area contributed by atoms with Gasteiger partial charge in [0.15, 0.2) is 0 Å². The minimum Gasteiger partial charge on any atom is -0.340 e. The molecule has 0 aliphatic rings. The summed E-state index contributed by atoms with van der Waals surface area (Å²) in [6, 6.07) is 11.4. The fourth-order valence-corrected chi connectivity index (χ4v) is 2.02. The van der Waals surface area contributed by atoms with Crippen LogP contribution < -0.4 is 5.73 Å². The molecule has 110 valence electrons. The van der Waals surface area contributed by atoms with Crippen LogP contribution in [-0.4, -0.2) is 17.9 Å². The van der Waals surface area contributed by atoms with Crippen molar-refractivity contribution in [2.45, 2.75) is 12.6 Å². The predicted molar refractivity (Wildman–Crippen MR) is 76.2 cm³/mol. The number of likely N-dealkylation sites (N-methyl/N-ethyl adjacent to an activating group) is 1. The summed E-state index contributed by atoms with van der Waals surface area (Å²) in [6.45, 7) is 0.0332. The van der Waals surface area contributed by atoms with Gasteiger partial charge in [0.2, 0.25) is 5.91 Å². The third-order valence-electron chi connectivity index (χ3n) is 3.22. The lowest BCUT2D eigenvalue weighted by molar-refractivity contribution is -0.132. The van der Waals surface area contributed by atoms with Crippen LogP contribution in [0.2, 0.25) is 0 Å². The Morgan fingerprint density at radius 3 is 2.48 bits per heavy atom. The molecule has 21 heavy (non-hydrogen) atoms. The molecule has 0 unspecified atom stereocenters. The van der Waals surface area contributed by atoms with Crippen LogP contribution in [0.5, 0.6) is 0 Å². The third-order valence-corrected chi connectivity index (χ3v) is 3.22. The third kappa shape index (κ3) is 3.64. The Balaban J connectivity index is 2.09. The molecule has 2 aromatic carbocycles. The Bertz CT molecular complexity index is 631. The number of rotatable bonds is 4. The molecule has 0 saturated carbocycles. The summed E-state index contributed by atoms with van der Waals surface area (Å²) >= 11 is 0. The lowest BCUT2D eigenvalue weighted by Gasteiger charge is -2.22. The Labute approximate surface area is 122 Å². The van der Waals surface area contributed by atoms with Gasteiger partial charge < -0.3 is 10.6 Å². The lowest BCUT2D eigenvalue weighted by atomic mass is 10.1. The first kappa shape index (κ1) is 15.1. The van der Waals surface area contributed by atoms with Gasteiger partial charge in [0.05, 0.1) is 0 Å². The monoisotopic (exact) mass is 290 g/mol. The fourth-order valence-electron chi connectivity index (χ4n) is 2.02. The summed E-state index contributed by atoms with van der Waals surface area (Å²) in [7, 11) is 1.54. The molecule has 0 saturated heterocycles. The number of carbonyl (C=O) groups is 1. The number of halogens is 2. The molecular formula is C16H16F2N2O. The summed E-state index contributed by atoms with van der Waals surface area (Å²) < 4.78 is 26.4. The SMILES string of the molecule is CN(Cc1ccc(F)cc1F)C(=O)[C@H](N)c1ccccc1. The van der Waals surface area contributed by atoms with Gasteiger partial charge >= 0.3 is 0 Å². The van der Waals surface area contributed by atoms with Crippen LogP contribution in [0, 0.1) is 11.6 Å². The Morgan fingerprint density at radius 2 is 1.86 bits per heavy atom. The molecule has 0 radical (unpaired) electrons. The fraction of sp³-hybridized carbons (Fsp3) is 0.188. The van der Waals surface area contributed by atoms with E-state index in [0.29, 0.717) is 5.56 Å². The first-order valence-corrected chi connectivity index (χ1v) is 6.48. The molecule has 0 aliphatic carbocycles. The van der Waals surface area contributed by atoms with Gasteiger partial charge in [-0.05, 0) is 11.6 Å². The molecule has 0 fully saturated rings. The van der Waals surface area contributed by atoms with E-state index in [1.165, 1.54) is 18.0 Å². The topological polar surface area (TPSA) is 46.3 Å². The maximum absolute atomic E-state index is 13.6. The van der Waals surface area contributed by atoms with Gasteiger partial charge in [0.1, 0.15) is 17.7 Å². The van der Waals surface area contributed by atoms with Crippen molar-refractivity contribution in [1.29, 1.82) is 0 Å². The van der Waals surface area contributed by atoms with Gasteiger partial charge in [-0.2, -0.15) is 0 Å². The van der Waals surface area contributed by atoms with E-state index in [-0.39, 0.29) is 18.0 Å². The van der Waals surface area contributed by atoms with Crippen LogP contribution >= 0.6 is 0 Å². The van der Waals surface area contributed by atoms with E-state index in [0.717, 1.165) is 12.1 Å². The highest BCUT2D eigenvalue weighted by atomic mass is 19.1. The van der Waals surface area contributed by atoms with E-state index in [1.807, 2.05) is 6.07 Å². The molecule has 3 nitrogen and oxygen atoms in total. The molecule has 1 atom stereocenters. The molecule has 0 aliphatic heterocycles. The van der Waals surface area contributed by atoms with Gasteiger partial charge in [-0.15, -0.1) is 0 Å². The average Bonchev–Trinajstić information content (AvgIpc) is 2.49. The zero-order valence-corrected chi connectivity index (χ0v) is 11.6. The molecule has 2 aromatic rings. The minimum absolute atomic E-state index is 0.0332. The van der Waals surface area contributed by atoms with Crippen molar-refractivity contribution in [2.75, 3.05) is 7.05 Å². The molecule has 0 spiro atoms. The number of benzene rings is 2. The van der Waals surface area contributed by atoms with E-state index in [2.05, 4.69) is 0 Å². The molecule has 0 aromatic heterocycles. The summed E-state index contributed by atoms with van der Waals surface area (Å²) in [4.78, 5) is 13.6. The van der Waals surface area contributed by atoms with E-state index < -0.39 is 17.7 Å². The van der Waals surface area contributed by atoms with Crippen molar-refractivity contribution < 1.29 is 13.6 Å². The Morgan fingerprint density at radius 1 is 1.19 bits per heavy atom. The number of hydrogen-bond acceptors (Lipinski definition) is 2. The van der Waals surface area contributed by atoms with E-state index in [1.54, 1.807) is 24.3 Å². The predicted octanol–water partition coefficient (Wildman–Crippen LogP) is 2.62. The molecule has 2 rings (SSSR count). The van der Waals surface area contributed by atoms with Crippen LogP contribution in [0.25, 0.3) is 0 Å². The lowest BCUT2D eigenvalue weighted by Crippen LogP contribution is -2.35. The van der Waals surface area contributed by atoms with Crippen molar-refractivity contribution in [2.24, 2.45) is 5.73 Å². The largest absolute Gasteiger partial charge is 0.340 e. The minimum atomic E-state index is -0.806. The van der Waals surface area contributed by atoms with E-state index in [9.17, 15) is 13.6 Å². The zero-order chi connectivity index (χ0) is 15.4. The summed E-state index contributed by atoms with van der Waals surface area (Å²) in [5, 5.41) is 0. The van der Waals surface area contributed by atoms with Gasteiger partial charge in [-0.25, -0.2) is 8.78 Å². The van der Waals surface area contributed by atoms with Crippen LogP contribution in [0.1, 0.15) is 17.2 Å². The normalized spacial score (nSPS) is 12.0. The van der Waals surface area contributed by atoms with Crippen molar-refractivity contribution in [3.05, 3.63) is 71.3 Å². The Kier molecular flexibility index (Phi) is 4.65. The van der Waals surface area contributed by atoms with Gasteiger partial charge in [0, 0.05) is 25.2 Å². The van der Waals surface area contributed by atoms with Crippen LogP contribution in [0.3, 0.4) is 0 Å². The van der Waals surface area contributed by atoms with Crippen LogP contribution in [0.15, 0.2) is 48.5 Å². The second kappa shape index (κ2) is 6.45. The second-order valence-electron chi connectivity index (χ2n) is 4.82. The van der Waals surface area contributed by atoms with Crippen molar-refractivity contribution in [3.63, 3.8) is 0 Å². The van der Waals surface area contributed by atoms with Crippen LogP contribution in [-0.2, 0) is 11.3 Å². The van der Waals surface area contributed by atoms with E-state index >= 15 is 0 Å². The Hall–Kier alpha value is -2.27. The zero-order valence-electron chi connectivity index (χ0n) is 11.6. The molecule has 5 heteroatoms. The molecule has 0 bridgehead atoms. The van der Waals surface area contributed by atoms with Crippen LogP contribution in [0.4, 0.5) is 8.78 Å². The average molecular weight is 290 g/mol. The number of nitrogens with zero attached hydrogens (tertiary/aromatic N) is 1. The maximum Gasteiger partial charge on any atom is 0.244 e. The number of amides is 1. The van der Waals surface area contributed by atoms with Crippen molar-refractivity contribution >= 4 is 5.91 Å². The highest BCUT2D eigenvalue weighted by molar-refractivity contribution is 5.82. The van der Waals surface area contributed by atoms with Gasteiger partial charge in [-0.1, -0.05) is 36.4 Å². The highest BCUT2D eigenvalue weighted by Gasteiger charge is 2.20. The van der Waals surface area contributed by atoms with Crippen molar-refractivity contribution in [3.8, 4) is 0 Å². The molecule has 0 heterocycles. The first-order chi connectivity index (χ1) is 9.99. The number of carbonyl (C=O) groups excluding carboxylic acids is 1. The number of hydrogen-bond donors (Lipinski definition) is 1. The summed E-state index contributed by atoms with van der Waals surface area (Å²) in [5.74, 6) is -1.65. The van der Waals surface area contributed by atoms with Gasteiger partial charge in [-0.3, -0.25) is 4.79 Å². The molecular weight excluding hydrogens is 274 g/mol. The summed E-state index contributed by atoms with van der Waals surface area (Å²) in [6.07, 6.45) is 0.